The number of benzene rings is 2. The molecule has 3 aromatic rings. The number of hydrogen-bond acceptors (Lipinski definition) is 7. The van der Waals surface area contributed by atoms with Crippen LogP contribution in [-0.4, -0.2) is 90.9 Å². The Balaban J connectivity index is 1.42. The first-order valence-corrected chi connectivity index (χ1v) is 14.9. The lowest BCUT2D eigenvalue weighted by atomic mass is 10.0. The van der Waals surface area contributed by atoms with Crippen LogP contribution in [0.1, 0.15) is 17.5 Å². The summed E-state index contributed by atoms with van der Waals surface area (Å²) in [6, 6.07) is 14.0. The number of nitrogens with one attached hydrogen (secondary N) is 3. The van der Waals surface area contributed by atoms with E-state index in [2.05, 4.69) is 44.4 Å². The monoisotopic (exact) mass is 596 g/mol. The summed E-state index contributed by atoms with van der Waals surface area (Å²) in [4.78, 5) is 47.5. The molecule has 2 aromatic carbocycles. The summed E-state index contributed by atoms with van der Waals surface area (Å²) in [5.41, 5.74) is 2.30. The maximum atomic E-state index is 13.5. The zero-order valence-corrected chi connectivity index (χ0v) is 25.1. The second kappa shape index (κ2) is 14.5. The summed E-state index contributed by atoms with van der Waals surface area (Å²) in [5.74, 6) is -0.894. The maximum Gasteiger partial charge on any atom is 0.247 e. The summed E-state index contributed by atoms with van der Waals surface area (Å²) in [6.07, 6.45) is 0.735. The Morgan fingerprint density at radius 2 is 1.78 bits per heavy atom. The van der Waals surface area contributed by atoms with E-state index in [1.807, 2.05) is 42.5 Å². The Bertz CT molecular complexity index is 1370. The Morgan fingerprint density at radius 1 is 1.05 bits per heavy atom. The van der Waals surface area contributed by atoms with Gasteiger partial charge in [-0.1, -0.05) is 48.5 Å². The topological polar surface area (TPSA) is 107 Å². The van der Waals surface area contributed by atoms with Crippen LogP contribution < -0.4 is 16.0 Å². The highest BCUT2D eigenvalue weighted by Gasteiger charge is 2.25. The van der Waals surface area contributed by atoms with Crippen LogP contribution in [0.5, 0.6) is 0 Å². The van der Waals surface area contributed by atoms with E-state index < -0.39 is 12.1 Å². The summed E-state index contributed by atoms with van der Waals surface area (Å²) < 4.78 is 0.913. The number of likely N-dealkylation sites (N-methyl/N-ethyl adjacent to an activating group) is 1. The first-order chi connectivity index (χ1) is 19.7. The van der Waals surface area contributed by atoms with Gasteiger partial charge in [-0.25, -0.2) is 4.98 Å². The van der Waals surface area contributed by atoms with E-state index in [1.165, 1.54) is 18.3 Å². The quantitative estimate of drug-likeness (QED) is 0.278. The lowest BCUT2D eigenvalue weighted by molar-refractivity contribution is -0.128. The van der Waals surface area contributed by atoms with Crippen LogP contribution in [0.4, 0.5) is 0 Å². The van der Waals surface area contributed by atoms with Gasteiger partial charge in [0.1, 0.15) is 6.04 Å². The van der Waals surface area contributed by atoms with E-state index in [4.69, 9.17) is 11.6 Å². The van der Waals surface area contributed by atoms with Crippen LogP contribution in [0.3, 0.4) is 0 Å². The molecule has 1 aliphatic rings. The molecule has 4 rings (SSSR count). The lowest BCUT2D eigenvalue weighted by Gasteiger charge is -2.32. The fraction of sp³-hybridized carbons (Fsp3) is 0.400. The second-order valence-electron chi connectivity index (χ2n) is 10.5. The van der Waals surface area contributed by atoms with Gasteiger partial charge in [0.25, 0.3) is 0 Å². The molecule has 2 heterocycles. The molecule has 0 unspecified atom stereocenters. The Kier molecular flexibility index (Phi) is 10.9. The van der Waals surface area contributed by atoms with Crippen LogP contribution in [-0.2, 0) is 27.2 Å². The van der Waals surface area contributed by atoms with E-state index >= 15 is 0 Å². The molecule has 1 aromatic heterocycles. The van der Waals surface area contributed by atoms with Crippen molar-refractivity contribution in [1.82, 2.24) is 30.7 Å². The molecule has 3 amide bonds. The number of rotatable bonds is 12. The summed E-state index contributed by atoms with van der Waals surface area (Å²) in [7, 11) is 2.09. The first-order valence-electron chi connectivity index (χ1n) is 13.7. The highest BCUT2D eigenvalue weighted by atomic mass is 35.5. The lowest BCUT2D eigenvalue weighted by Crippen LogP contribution is -2.53. The number of piperazine rings is 1. The third-order valence-corrected chi connectivity index (χ3v) is 8.25. The second-order valence-corrected chi connectivity index (χ2v) is 12.0. The molecule has 2 atom stereocenters. The fourth-order valence-electron chi connectivity index (χ4n) is 4.73. The summed E-state index contributed by atoms with van der Waals surface area (Å²) in [5, 5.41) is 10.1. The minimum Gasteiger partial charge on any atom is -0.350 e. The highest BCUT2D eigenvalue weighted by Crippen LogP contribution is 2.26. The molecule has 3 N–H and O–H groups in total. The van der Waals surface area contributed by atoms with Gasteiger partial charge in [-0.2, -0.15) is 0 Å². The number of nitrogens with zero attached hydrogens (tertiary/aromatic N) is 3. The number of aromatic nitrogens is 1. The van der Waals surface area contributed by atoms with Gasteiger partial charge in [0.05, 0.1) is 21.3 Å². The fourth-order valence-corrected chi connectivity index (χ4v) is 6.01. The standard InChI is InChI=1S/C30H37ClN6O3S/c1-20(19-37-13-11-36(3)12-14-37)29(39)32-18-24(15-22-7-5-4-6-8-22)34-30(40)26(33-21(2)38)17-28-35-25-10-9-23(31)16-27(25)41-28/h4-10,16,24,26H,1,11-15,17-19H2,2-3H3,(H,32,39)(H,33,38)(H,34,40)/t24-,26-/m0/s1. The van der Waals surface area contributed by atoms with Crippen molar-refractivity contribution in [2.24, 2.45) is 0 Å². The van der Waals surface area contributed by atoms with Crippen molar-refractivity contribution in [2.45, 2.75) is 31.8 Å². The largest absolute Gasteiger partial charge is 0.350 e. The summed E-state index contributed by atoms with van der Waals surface area (Å²) >= 11 is 7.56. The molecular formula is C30H37ClN6O3S. The van der Waals surface area contributed by atoms with Gasteiger partial charge >= 0.3 is 0 Å². The van der Waals surface area contributed by atoms with Crippen molar-refractivity contribution < 1.29 is 14.4 Å². The van der Waals surface area contributed by atoms with Crippen molar-refractivity contribution >= 4 is 50.9 Å². The van der Waals surface area contributed by atoms with E-state index in [9.17, 15) is 14.4 Å². The predicted octanol–water partition coefficient (Wildman–Crippen LogP) is 2.64. The number of carbonyl (C=O) groups is 3. The van der Waals surface area contributed by atoms with E-state index in [-0.39, 0.29) is 30.7 Å². The van der Waals surface area contributed by atoms with Gasteiger partial charge < -0.3 is 20.9 Å². The Hall–Kier alpha value is -3.31. The molecule has 9 nitrogen and oxygen atoms in total. The zero-order chi connectivity index (χ0) is 29.4. The minimum absolute atomic E-state index is 0.216. The molecular weight excluding hydrogens is 560 g/mol. The molecule has 218 valence electrons. The highest BCUT2D eigenvalue weighted by molar-refractivity contribution is 7.18. The van der Waals surface area contributed by atoms with Crippen molar-refractivity contribution in [1.29, 1.82) is 0 Å². The Morgan fingerprint density at radius 3 is 2.49 bits per heavy atom. The Labute approximate surface area is 249 Å². The maximum absolute atomic E-state index is 13.5. The molecule has 0 spiro atoms. The zero-order valence-electron chi connectivity index (χ0n) is 23.5. The van der Waals surface area contributed by atoms with E-state index in [0.717, 1.165) is 42.0 Å². The minimum atomic E-state index is -0.829. The molecule has 0 aliphatic carbocycles. The number of carbonyl (C=O) groups excluding carboxylic acids is 3. The normalized spacial score (nSPS) is 15.7. The number of fused-ring (bicyclic) bond motifs is 1. The molecule has 11 heteroatoms. The average molecular weight is 597 g/mol. The first kappa shape index (κ1) is 30.6. The van der Waals surface area contributed by atoms with Crippen molar-refractivity contribution in [3.05, 3.63) is 76.3 Å². The third kappa shape index (κ3) is 9.36. The number of amides is 3. The molecule has 1 fully saturated rings. The average Bonchev–Trinajstić information content (AvgIpc) is 3.34. The van der Waals surface area contributed by atoms with Gasteiger partial charge in [0.2, 0.25) is 17.7 Å². The van der Waals surface area contributed by atoms with Crippen LogP contribution in [0, 0.1) is 0 Å². The van der Waals surface area contributed by atoms with Gasteiger partial charge in [-0.3, -0.25) is 19.3 Å². The third-order valence-electron chi connectivity index (χ3n) is 6.98. The van der Waals surface area contributed by atoms with Crippen molar-refractivity contribution in [3.8, 4) is 0 Å². The summed E-state index contributed by atoms with van der Waals surface area (Å²) in [6.45, 7) is 9.81. The van der Waals surface area contributed by atoms with E-state index in [1.54, 1.807) is 6.07 Å². The number of hydrogen-bond donors (Lipinski definition) is 3. The van der Waals surface area contributed by atoms with Gasteiger partial charge in [0, 0.05) is 63.2 Å². The van der Waals surface area contributed by atoms with Crippen molar-refractivity contribution in [2.75, 3.05) is 46.3 Å². The van der Waals surface area contributed by atoms with Crippen molar-refractivity contribution in [3.63, 3.8) is 0 Å². The number of halogens is 1. The van der Waals surface area contributed by atoms with Crippen LogP contribution in [0.15, 0.2) is 60.7 Å². The van der Waals surface area contributed by atoms with Crippen LogP contribution in [0.2, 0.25) is 5.02 Å². The predicted molar refractivity (Wildman–Crippen MR) is 164 cm³/mol. The molecule has 41 heavy (non-hydrogen) atoms. The van der Waals surface area contributed by atoms with Gasteiger partial charge in [-0.15, -0.1) is 11.3 Å². The van der Waals surface area contributed by atoms with Crippen LogP contribution in [0.25, 0.3) is 10.2 Å². The molecule has 0 radical (unpaired) electrons. The molecule has 1 aliphatic heterocycles. The van der Waals surface area contributed by atoms with Crippen LogP contribution >= 0.6 is 22.9 Å². The SMILES string of the molecule is C=C(CN1CCN(C)CC1)C(=O)NC[C@H](Cc1ccccc1)NC(=O)[C@H](Cc1nc2ccc(Cl)cc2s1)NC(C)=O. The van der Waals surface area contributed by atoms with Gasteiger partial charge in [0.15, 0.2) is 0 Å². The number of thiazole rings is 1. The smallest absolute Gasteiger partial charge is 0.247 e. The molecule has 0 saturated carbocycles. The molecule has 1 saturated heterocycles. The molecule has 0 bridgehead atoms. The van der Waals surface area contributed by atoms with E-state index in [0.29, 0.717) is 28.6 Å². The van der Waals surface area contributed by atoms with Gasteiger partial charge in [-0.05, 0) is 37.2 Å².